The smallest absolute Gasteiger partial charge is 0.297 e. The highest BCUT2D eigenvalue weighted by Crippen LogP contribution is 2.07. The summed E-state index contributed by atoms with van der Waals surface area (Å²) in [5, 5.41) is 4.13. The summed E-state index contributed by atoms with van der Waals surface area (Å²) < 4.78 is 2.82. The molecule has 0 bridgehead atoms. The van der Waals surface area contributed by atoms with Gasteiger partial charge in [0.2, 0.25) is 0 Å². The Hall–Kier alpha value is -1.82. The van der Waals surface area contributed by atoms with Crippen LogP contribution in [-0.4, -0.2) is 19.3 Å². The van der Waals surface area contributed by atoms with Crippen LogP contribution >= 0.6 is 11.6 Å². The highest BCUT2D eigenvalue weighted by atomic mass is 35.5. The molecule has 2 aromatic rings. The van der Waals surface area contributed by atoms with Crippen molar-refractivity contribution in [3.8, 4) is 0 Å². The summed E-state index contributed by atoms with van der Waals surface area (Å²) in [4.78, 5) is 26.2. The molecule has 1 unspecified atom stereocenters. The summed E-state index contributed by atoms with van der Waals surface area (Å²) in [5.41, 5.74) is -0.540. The van der Waals surface area contributed by atoms with Crippen molar-refractivity contribution in [2.75, 3.05) is 0 Å². The fraction of sp³-hybridized carbons (Fsp3) is 0.364. The molecule has 96 valence electrons. The van der Waals surface area contributed by atoms with Crippen LogP contribution in [0.25, 0.3) is 0 Å². The van der Waals surface area contributed by atoms with Crippen LogP contribution in [0, 0.1) is 6.92 Å². The molecule has 7 heteroatoms. The number of hydrogen-bond donors (Lipinski definition) is 1. The number of halogens is 1. The lowest BCUT2D eigenvalue weighted by molar-refractivity contribution is 0.412. The lowest BCUT2D eigenvalue weighted by atomic mass is 10.3. The van der Waals surface area contributed by atoms with Crippen LogP contribution in [0.1, 0.15) is 18.5 Å². The highest BCUT2D eigenvalue weighted by Gasteiger charge is 2.14. The number of rotatable bonds is 3. The van der Waals surface area contributed by atoms with Gasteiger partial charge in [0.05, 0.1) is 12.6 Å². The maximum Gasteiger partial charge on any atom is 0.329 e. The molecular formula is C11H13ClN4O2. The molecule has 1 N–H and O–H groups in total. The summed E-state index contributed by atoms with van der Waals surface area (Å²) in [6.45, 7) is 3.81. The van der Waals surface area contributed by atoms with Crippen molar-refractivity contribution >= 4 is 11.6 Å². The summed E-state index contributed by atoms with van der Waals surface area (Å²) in [6.07, 6.45) is 3.42. The van der Waals surface area contributed by atoms with E-state index in [0.717, 1.165) is 4.57 Å². The molecule has 18 heavy (non-hydrogen) atoms. The minimum Gasteiger partial charge on any atom is -0.297 e. The lowest BCUT2D eigenvalue weighted by Crippen LogP contribution is -2.39. The Morgan fingerprint density at radius 2 is 2.22 bits per heavy atom. The van der Waals surface area contributed by atoms with Gasteiger partial charge in [0.25, 0.3) is 5.56 Å². The van der Waals surface area contributed by atoms with Gasteiger partial charge in [-0.05, 0) is 19.9 Å². The van der Waals surface area contributed by atoms with Gasteiger partial charge in [-0.2, -0.15) is 5.10 Å². The van der Waals surface area contributed by atoms with Gasteiger partial charge >= 0.3 is 5.69 Å². The second kappa shape index (κ2) is 4.81. The molecule has 0 aliphatic rings. The molecule has 1 atom stereocenters. The molecule has 2 aromatic heterocycles. The van der Waals surface area contributed by atoms with Crippen LogP contribution in [0.4, 0.5) is 0 Å². The first-order chi connectivity index (χ1) is 8.50. The molecule has 6 nitrogen and oxygen atoms in total. The number of hydrogen-bond acceptors (Lipinski definition) is 3. The van der Waals surface area contributed by atoms with Crippen molar-refractivity contribution < 1.29 is 0 Å². The van der Waals surface area contributed by atoms with Crippen molar-refractivity contribution in [1.82, 2.24) is 19.3 Å². The van der Waals surface area contributed by atoms with Crippen molar-refractivity contribution in [2.24, 2.45) is 0 Å². The van der Waals surface area contributed by atoms with E-state index in [0.29, 0.717) is 12.1 Å². The molecule has 0 radical (unpaired) electrons. The summed E-state index contributed by atoms with van der Waals surface area (Å²) >= 11 is 5.75. The van der Waals surface area contributed by atoms with Gasteiger partial charge in [0.1, 0.15) is 5.15 Å². The van der Waals surface area contributed by atoms with E-state index in [4.69, 9.17) is 11.6 Å². The molecule has 0 saturated carbocycles. The number of nitrogens with one attached hydrogen (secondary N) is 1. The zero-order chi connectivity index (χ0) is 13.3. The van der Waals surface area contributed by atoms with Gasteiger partial charge in [-0.1, -0.05) is 11.6 Å². The van der Waals surface area contributed by atoms with E-state index in [1.54, 1.807) is 37.0 Å². The average molecular weight is 269 g/mol. The van der Waals surface area contributed by atoms with Crippen LogP contribution in [-0.2, 0) is 6.54 Å². The molecule has 0 spiro atoms. The Bertz CT molecular complexity index is 657. The van der Waals surface area contributed by atoms with Crippen LogP contribution < -0.4 is 11.2 Å². The first-order valence-electron chi connectivity index (χ1n) is 5.49. The fourth-order valence-corrected chi connectivity index (χ4v) is 1.94. The zero-order valence-electron chi connectivity index (χ0n) is 10.1. The summed E-state index contributed by atoms with van der Waals surface area (Å²) in [6, 6.07) is 1.48. The minimum absolute atomic E-state index is 0.0903. The van der Waals surface area contributed by atoms with Gasteiger partial charge in [0.15, 0.2) is 0 Å². The second-order valence-electron chi connectivity index (χ2n) is 4.12. The molecule has 0 fully saturated rings. The topological polar surface area (TPSA) is 72.7 Å². The SMILES string of the molecule is Cc1c(Cl)[nH]c(=O)n(C(C)Cn2cccn2)c1=O. The summed E-state index contributed by atoms with van der Waals surface area (Å²) in [7, 11) is 0. The Morgan fingerprint density at radius 3 is 2.83 bits per heavy atom. The molecule has 0 aromatic carbocycles. The minimum atomic E-state index is -0.504. The third-order valence-corrected chi connectivity index (χ3v) is 3.13. The van der Waals surface area contributed by atoms with Crippen LogP contribution in [0.3, 0.4) is 0 Å². The normalized spacial score (nSPS) is 12.6. The van der Waals surface area contributed by atoms with E-state index in [-0.39, 0.29) is 16.8 Å². The molecule has 0 amide bonds. The van der Waals surface area contributed by atoms with Crippen LogP contribution in [0.15, 0.2) is 28.0 Å². The average Bonchev–Trinajstić information content (AvgIpc) is 2.78. The predicted octanol–water partition coefficient (Wildman–Crippen LogP) is 0.956. The lowest BCUT2D eigenvalue weighted by Gasteiger charge is -2.14. The monoisotopic (exact) mass is 268 g/mol. The number of nitrogens with zero attached hydrogens (tertiary/aromatic N) is 3. The Labute approximate surface area is 108 Å². The number of aromatic amines is 1. The van der Waals surface area contributed by atoms with E-state index in [1.807, 2.05) is 0 Å². The maximum absolute atomic E-state index is 12.0. The van der Waals surface area contributed by atoms with E-state index in [1.165, 1.54) is 0 Å². The quantitative estimate of drug-likeness (QED) is 0.843. The van der Waals surface area contributed by atoms with Crippen molar-refractivity contribution in [3.05, 3.63) is 50.0 Å². The third kappa shape index (κ3) is 2.24. The van der Waals surface area contributed by atoms with E-state index in [9.17, 15) is 9.59 Å². The second-order valence-corrected chi connectivity index (χ2v) is 4.50. The largest absolute Gasteiger partial charge is 0.329 e. The summed E-state index contributed by atoms with van der Waals surface area (Å²) in [5.74, 6) is 0. The van der Waals surface area contributed by atoms with Gasteiger partial charge < -0.3 is 0 Å². The van der Waals surface area contributed by atoms with Gasteiger partial charge in [-0.25, -0.2) is 4.79 Å². The predicted molar refractivity (Wildman–Crippen MR) is 68.0 cm³/mol. The van der Waals surface area contributed by atoms with Crippen molar-refractivity contribution in [1.29, 1.82) is 0 Å². The molecule has 0 saturated heterocycles. The van der Waals surface area contributed by atoms with Crippen LogP contribution in [0.2, 0.25) is 5.15 Å². The van der Waals surface area contributed by atoms with Gasteiger partial charge in [-0.15, -0.1) is 0 Å². The van der Waals surface area contributed by atoms with E-state index >= 15 is 0 Å². The molecular weight excluding hydrogens is 256 g/mol. The standard InChI is InChI=1S/C11H13ClN4O2/c1-7(6-15-5-3-4-13-15)16-10(17)8(2)9(12)14-11(16)18/h3-5,7H,6H2,1-2H3,(H,14,18). The first kappa shape index (κ1) is 12.6. The molecule has 2 rings (SSSR count). The Balaban J connectivity index is 2.42. The molecule has 0 aliphatic carbocycles. The van der Waals surface area contributed by atoms with Gasteiger partial charge in [0, 0.05) is 18.0 Å². The van der Waals surface area contributed by atoms with Crippen molar-refractivity contribution in [3.63, 3.8) is 0 Å². The highest BCUT2D eigenvalue weighted by molar-refractivity contribution is 6.30. The molecule has 0 aliphatic heterocycles. The van der Waals surface area contributed by atoms with E-state index < -0.39 is 5.69 Å². The van der Waals surface area contributed by atoms with E-state index in [2.05, 4.69) is 10.1 Å². The van der Waals surface area contributed by atoms with Crippen LogP contribution in [0.5, 0.6) is 0 Å². The maximum atomic E-state index is 12.0. The number of H-pyrrole nitrogens is 1. The first-order valence-corrected chi connectivity index (χ1v) is 5.87. The van der Waals surface area contributed by atoms with Gasteiger partial charge in [-0.3, -0.25) is 19.0 Å². The Kier molecular flexibility index (Phi) is 3.38. The third-order valence-electron chi connectivity index (χ3n) is 2.76. The number of aromatic nitrogens is 4. The Morgan fingerprint density at radius 1 is 1.50 bits per heavy atom. The van der Waals surface area contributed by atoms with Crippen molar-refractivity contribution in [2.45, 2.75) is 26.4 Å². The fourth-order valence-electron chi connectivity index (χ4n) is 1.78. The molecule has 2 heterocycles. The zero-order valence-corrected chi connectivity index (χ0v) is 10.8.